The summed E-state index contributed by atoms with van der Waals surface area (Å²) in [6.45, 7) is 1.01. The SMILES string of the molecule is CC(=O)C(O)C(O)C(=O)C=O. The minimum atomic E-state index is -1.93. The largest absolute Gasteiger partial charge is 0.382 e. The number of ketones is 2. The van der Waals surface area contributed by atoms with Gasteiger partial charge in [-0.25, -0.2) is 0 Å². The van der Waals surface area contributed by atoms with Crippen molar-refractivity contribution in [2.75, 3.05) is 0 Å². The van der Waals surface area contributed by atoms with Gasteiger partial charge in [0, 0.05) is 0 Å². The van der Waals surface area contributed by atoms with Gasteiger partial charge in [0.2, 0.25) is 5.78 Å². The molecule has 2 atom stereocenters. The van der Waals surface area contributed by atoms with Gasteiger partial charge in [-0.15, -0.1) is 0 Å². The minimum absolute atomic E-state index is 0.142. The van der Waals surface area contributed by atoms with E-state index in [2.05, 4.69) is 0 Å². The van der Waals surface area contributed by atoms with E-state index in [0.717, 1.165) is 6.92 Å². The highest BCUT2D eigenvalue weighted by Crippen LogP contribution is 1.94. The molecule has 5 heteroatoms. The summed E-state index contributed by atoms with van der Waals surface area (Å²) in [6.07, 6.45) is -3.87. The Morgan fingerprint density at radius 2 is 1.73 bits per heavy atom. The molecule has 2 N–H and O–H groups in total. The van der Waals surface area contributed by atoms with Crippen LogP contribution in [0.4, 0.5) is 0 Å². The third kappa shape index (κ3) is 2.57. The quantitative estimate of drug-likeness (QED) is 0.369. The molecule has 0 spiro atoms. The molecule has 0 aliphatic rings. The second-order valence-electron chi connectivity index (χ2n) is 2.02. The Kier molecular flexibility index (Phi) is 3.56. The Balaban J connectivity index is 4.23. The van der Waals surface area contributed by atoms with E-state index >= 15 is 0 Å². The number of hydrogen-bond acceptors (Lipinski definition) is 5. The molecule has 5 nitrogen and oxygen atoms in total. The summed E-state index contributed by atoms with van der Waals surface area (Å²) in [7, 11) is 0. The van der Waals surface area contributed by atoms with E-state index in [1.54, 1.807) is 0 Å². The first-order chi connectivity index (χ1) is 5.00. The predicted molar refractivity (Wildman–Crippen MR) is 33.8 cm³/mol. The minimum Gasteiger partial charge on any atom is -0.382 e. The van der Waals surface area contributed by atoms with E-state index in [1.165, 1.54) is 0 Å². The Labute approximate surface area is 62.6 Å². The van der Waals surface area contributed by atoms with Crippen molar-refractivity contribution in [2.24, 2.45) is 0 Å². The summed E-state index contributed by atoms with van der Waals surface area (Å²) in [4.78, 5) is 30.4. The average molecular weight is 160 g/mol. The van der Waals surface area contributed by atoms with Crippen molar-refractivity contribution in [3.8, 4) is 0 Å². The second kappa shape index (κ2) is 3.95. The zero-order valence-electron chi connectivity index (χ0n) is 5.85. The van der Waals surface area contributed by atoms with Crippen molar-refractivity contribution in [1.82, 2.24) is 0 Å². The molecule has 0 aromatic heterocycles. The van der Waals surface area contributed by atoms with E-state index in [9.17, 15) is 14.4 Å². The van der Waals surface area contributed by atoms with E-state index < -0.39 is 23.8 Å². The molecular weight excluding hydrogens is 152 g/mol. The number of rotatable bonds is 4. The molecule has 0 saturated carbocycles. The maximum atomic E-state index is 10.3. The summed E-state index contributed by atoms with van der Waals surface area (Å²) < 4.78 is 0. The highest BCUT2D eigenvalue weighted by molar-refractivity contribution is 6.27. The van der Waals surface area contributed by atoms with Crippen LogP contribution in [0.15, 0.2) is 0 Å². The number of carbonyl (C=O) groups is 3. The lowest BCUT2D eigenvalue weighted by atomic mass is 10.1. The summed E-state index contributed by atoms with van der Waals surface area (Å²) in [5.41, 5.74) is 0. The first-order valence-electron chi connectivity index (χ1n) is 2.86. The molecule has 0 bridgehead atoms. The molecule has 0 saturated heterocycles. The van der Waals surface area contributed by atoms with Gasteiger partial charge < -0.3 is 10.2 Å². The van der Waals surface area contributed by atoms with Crippen molar-refractivity contribution in [1.29, 1.82) is 0 Å². The summed E-state index contributed by atoms with van der Waals surface area (Å²) in [6, 6.07) is 0. The Bertz CT molecular complexity index is 185. The van der Waals surface area contributed by atoms with Gasteiger partial charge in [0.15, 0.2) is 18.2 Å². The lowest BCUT2D eigenvalue weighted by Gasteiger charge is -2.09. The molecule has 0 radical (unpaired) electrons. The van der Waals surface area contributed by atoms with Crippen molar-refractivity contribution in [3.63, 3.8) is 0 Å². The molecule has 62 valence electrons. The third-order valence-electron chi connectivity index (χ3n) is 1.12. The van der Waals surface area contributed by atoms with Crippen LogP contribution in [-0.4, -0.2) is 40.3 Å². The van der Waals surface area contributed by atoms with Crippen molar-refractivity contribution >= 4 is 17.9 Å². The highest BCUT2D eigenvalue weighted by atomic mass is 16.3. The molecular formula is C6H8O5. The standard InChI is InChI=1S/C6H8O5/c1-3(8)5(10)6(11)4(9)2-7/h2,5-6,10-11H,1H3. The van der Waals surface area contributed by atoms with Gasteiger partial charge in [0.25, 0.3) is 0 Å². The van der Waals surface area contributed by atoms with Gasteiger partial charge in [0.1, 0.15) is 6.10 Å². The monoisotopic (exact) mass is 160 g/mol. The molecule has 0 heterocycles. The van der Waals surface area contributed by atoms with Crippen LogP contribution < -0.4 is 0 Å². The van der Waals surface area contributed by atoms with Crippen LogP contribution in [0, 0.1) is 0 Å². The Hall–Kier alpha value is -1.07. The van der Waals surface area contributed by atoms with Crippen LogP contribution in [-0.2, 0) is 14.4 Å². The number of Topliss-reactive ketones (excluding diaryl/α,β-unsaturated/α-hetero) is 2. The van der Waals surface area contributed by atoms with Gasteiger partial charge in [-0.2, -0.15) is 0 Å². The van der Waals surface area contributed by atoms with E-state index in [4.69, 9.17) is 10.2 Å². The molecule has 0 aromatic rings. The smallest absolute Gasteiger partial charge is 0.226 e. The summed E-state index contributed by atoms with van der Waals surface area (Å²) >= 11 is 0. The summed E-state index contributed by atoms with van der Waals surface area (Å²) in [5.74, 6) is -1.96. The number of carbonyl (C=O) groups excluding carboxylic acids is 3. The zero-order valence-corrected chi connectivity index (χ0v) is 5.85. The summed E-state index contributed by atoms with van der Waals surface area (Å²) in [5, 5.41) is 17.4. The van der Waals surface area contributed by atoms with Crippen LogP contribution >= 0.6 is 0 Å². The molecule has 11 heavy (non-hydrogen) atoms. The Morgan fingerprint density at radius 1 is 1.27 bits per heavy atom. The number of aliphatic hydroxyl groups is 2. The molecule has 0 rings (SSSR count). The molecule has 0 aliphatic heterocycles. The van der Waals surface area contributed by atoms with Crippen LogP contribution in [0.1, 0.15) is 6.92 Å². The van der Waals surface area contributed by atoms with E-state index in [-0.39, 0.29) is 6.29 Å². The molecule has 0 amide bonds. The first-order valence-corrected chi connectivity index (χ1v) is 2.86. The fourth-order valence-electron chi connectivity index (χ4n) is 0.448. The number of aldehydes is 1. The van der Waals surface area contributed by atoms with Crippen LogP contribution in [0.2, 0.25) is 0 Å². The number of aliphatic hydroxyl groups excluding tert-OH is 2. The third-order valence-corrected chi connectivity index (χ3v) is 1.12. The average Bonchev–Trinajstić information content (AvgIpc) is 2.00. The molecule has 0 aliphatic carbocycles. The van der Waals surface area contributed by atoms with Crippen molar-refractivity contribution in [3.05, 3.63) is 0 Å². The van der Waals surface area contributed by atoms with Crippen LogP contribution in [0.3, 0.4) is 0 Å². The predicted octanol–water partition coefficient (Wildman–Crippen LogP) is -1.93. The van der Waals surface area contributed by atoms with Gasteiger partial charge in [0.05, 0.1) is 0 Å². The Morgan fingerprint density at radius 3 is 2.00 bits per heavy atom. The fourth-order valence-corrected chi connectivity index (χ4v) is 0.448. The maximum Gasteiger partial charge on any atom is 0.226 e. The van der Waals surface area contributed by atoms with E-state index in [0.29, 0.717) is 0 Å². The fraction of sp³-hybridized carbons (Fsp3) is 0.500. The maximum absolute atomic E-state index is 10.3. The second-order valence-corrected chi connectivity index (χ2v) is 2.02. The zero-order chi connectivity index (χ0) is 9.02. The van der Waals surface area contributed by atoms with Crippen molar-refractivity contribution in [2.45, 2.75) is 19.1 Å². The molecule has 2 unspecified atom stereocenters. The van der Waals surface area contributed by atoms with E-state index in [1.807, 2.05) is 0 Å². The normalized spacial score (nSPS) is 15.2. The number of hydrogen-bond donors (Lipinski definition) is 2. The topological polar surface area (TPSA) is 91.7 Å². The van der Waals surface area contributed by atoms with Gasteiger partial charge >= 0.3 is 0 Å². The lowest BCUT2D eigenvalue weighted by Crippen LogP contribution is -2.39. The van der Waals surface area contributed by atoms with Gasteiger partial charge in [-0.05, 0) is 6.92 Å². The van der Waals surface area contributed by atoms with Gasteiger partial charge in [-0.3, -0.25) is 14.4 Å². The van der Waals surface area contributed by atoms with Crippen molar-refractivity contribution < 1.29 is 24.6 Å². The van der Waals surface area contributed by atoms with Crippen LogP contribution in [0.25, 0.3) is 0 Å². The molecule has 0 fully saturated rings. The van der Waals surface area contributed by atoms with Gasteiger partial charge in [-0.1, -0.05) is 0 Å². The highest BCUT2D eigenvalue weighted by Gasteiger charge is 2.26. The molecule has 0 aromatic carbocycles. The first kappa shape index (κ1) is 9.93. The van der Waals surface area contributed by atoms with Crippen LogP contribution in [0.5, 0.6) is 0 Å². The lowest BCUT2D eigenvalue weighted by molar-refractivity contribution is -0.145.